The normalized spacial score (nSPS) is 10.9. The maximum atomic E-state index is 12.3. The van der Waals surface area contributed by atoms with Gasteiger partial charge in [-0.05, 0) is 69.5 Å². The molecule has 0 aliphatic rings. The molecule has 0 aliphatic heterocycles. The number of nitrogens with zero attached hydrogens (tertiary/aromatic N) is 2. The molecule has 0 atom stereocenters. The minimum Gasteiger partial charge on any atom is -0.493 e. The first-order chi connectivity index (χ1) is 18.4. The molecule has 4 rings (SSSR count). The van der Waals surface area contributed by atoms with Gasteiger partial charge in [0.1, 0.15) is 12.1 Å². The van der Waals surface area contributed by atoms with Crippen molar-refractivity contribution in [3.8, 4) is 17.2 Å². The van der Waals surface area contributed by atoms with Crippen LogP contribution < -0.4 is 19.6 Å². The topological polar surface area (TPSA) is 119 Å². The second kappa shape index (κ2) is 12.5. The Morgan fingerprint density at radius 3 is 2.66 bits per heavy atom. The molecule has 38 heavy (non-hydrogen) atoms. The summed E-state index contributed by atoms with van der Waals surface area (Å²) in [5.74, 6) is -0.0619. The number of pyridine rings is 1. The van der Waals surface area contributed by atoms with E-state index in [4.69, 9.17) is 19.3 Å². The highest BCUT2D eigenvalue weighted by molar-refractivity contribution is 9.11. The first-order valence-electron chi connectivity index (χ1n) is 11.2. The van der Waals surface area contributed by atoms with Crippen LogP contribution in [0.5, 0.6) is 17.2 Å². The van der Waals surface area contributed by atoms with Crippen molar-refractivity contribution in [1.29, 1.82) is 0 Å². The Kier molecular flexibility index (Phi) is 8.93. The van der Waals surface area contributed by atoms with Crippen molar-refractivity contribution < 1.29 is 28.9 Å². The van der Waals surface area contributed by atoms with Gasteiger partial charge in [0, 0.05) is 16.1 Å². The van der Waals surface area contributed by atoms with E-state index in [1.165, 1.54) is 19.4 Å². The average molecular weight is 643 g/mol. The molecule has 1 aromatic heterocycles. The summed E-state index contributed by atoms with van der Waals surface area (Å²) in [6, 6.07) is 17.2. The number of carboxylic acids is 1. The maximum Gasteiger partial charge on any atom is 0.335 e. The van der Waals surface area contributed by atoms with Crippen molar-refractivity contribution >= 4 is 60.9 Å². The van der Waals surface area contributed by atoms with Crippen LogP contribution in [0.2, 0.25) is 0 Å². The average Bonchev–Trinajstić information content (AvgIpc) is 2.92. The fraction of sp³-hybridized carbons (Fsp3) is 0.111. The van der Waals surface area contributed by atoms with Crippen LogP contribution in [-0.2, 0) is 11.4 Å². The molecule has 0 spiro atoms. The third-order valence-corrected chi connectivity index (χ3v) is 6.50. The number of hydrogen-bond acceptors (Lipinski definition) is 7. The summed E-state index contributed by atoms with van der Waals surface area (Å²) in [5, 5.41) is 14.0. The van der Waals surface area contributed by atoms with Crippen molar-refractivity contribution in [2.24, 2.45) is 5.10 Å². The van der Waals surface area contributed by atoms with Gasteiger partial charge >= 0.3 is 5.97 Å². The zero-order valence-corrected chi connectivity index (χ0v) is 23.2. The van der Waals surface area contributed by atoms with E-state index >= 15 is 0 Å². The second-order valence-electron chi connectivity index (χ2n) is 7.86. The summed E-state index contributed by atoms with van der Waals surface area (Å²) < 4.78 is 18.4. The molecule has 194 valence electrons. The molecule has 0 saturated carbocycles. The first kappa shape index (κ1) is 27.1. The zero-order valence-electron chi connectivity index (χ0n) is 20.0. The Morgan fingerprint density at radius 1 is 1.03 bits per heavy atom. The lowest BCUT2D eigenvalue weighted by molar-refractivity contribution is -0.123. The predicted molar refractivity (Wildman–Crippen MR) is 149 cm³/mol. The standard InChI is InChI=1S/C27H21Br2N3O6/c1-36-23-11-16(7-8-22(23)37-14-17-4-2-5-18(10-17)27(34)35)13-31-32-24(33)15-38-26-21(29)12-20(28)19-6-3-9-30-25(19)26/h2-13H,14-15H2,1H3,(H,32,33)(H,34,35)/b31-13+. The number of ether oxygens (including phenoxy) is 3. The summed E-state index contributed by atoms with van der Waals surface area (Å²) in [7, 11) is 1.51. The molecular formula is C27H21Br2N3O6. The smallest absolute Gasteiger partial charge is 0.335 e. The Balaban J connectivity index is 1.34. The Hall–Kier alpha value is -3.96. The summed E-state index contributed by atoms with van der Waals surface area (Å²) in [4.78, 5) is 27.8. The fourth-order valence-electron chi connectivity index (χ4n) is 3.47. The molecule has 11 heteroatoms. The van der Waals surface area contributed by atoms with Gasteiger partial charge in [-0.15, -0.1) is 0 Å². The summed E-state index contributed by atoms with van der Waals surface area (Å²) in [6.45, 7) is -0.0946. The molecular weight excluding hydrogens is 622 g/mol. The minimum atomic E-state index is -1.00. The Bertz CT molecular complexity index is 1530. The number of rotatable bonds is 10. The van der Waals surface area contributed by atoms with Crippen molar-refractivity contribution in [3.05, 3.63) is 92.5 Å². The zero-order chi connectivity index (χ0) is 27.1. The molecule has 0 aliphatic carbocycles. The van der Waals surface area contributed by atoms with Gasteiger partial charge in [-0.1, -0.05) is 34.1 Å². The summed E-state index contributed by atoms with van der Waals surface area (Å²) in [5.41, 5.74) is 4.61. The molecule has 1 heterocycles. The molecule has 0 bridgehead atoms. The number of hydrogen-bond donors (Lipinski definition) is 2. The predicted octanol–water partition coefficient (Wildman–Crippen LogP) is 5.57. The van der Waals surface area contributed by atoms with Crippen molar-refractivity contribution in [1.82, 2.24) is 10.4 Å². The fourth-order valence-corrected chi connectivity index (χ4v) is 4.86. The van der Waals surface area contributed by atoms with Crippen LogP contribution in [0, 0.1) is 0 Å². The third kappa shape index (κ3) is 6.67. The number of carbonyl (C=O) groups is 2. The number of fused-ring (bicyclic) bond motifs is 1. The molecule has 2 N–H and O–H groups in total. The maximum absolute atomic E-state index is 12.3. The van der Waals surface area contributed by atoms with E-state index in [0.29, 0.717) is 38.4 Å². The van der Waals surface area contributed by atoms with Crippen LogP contribution in [0.15, 0.2) is 80.9 Å². The van der Waals surface area contributed by atoms with Gasteiger partial charge in [0.25, 0.3) is 5.91 Å². The van der Waals surface area contributed by atoms with Gasteiger partial charge < -0.3 is 19.3 Å². The van der Waals surface area contributed by atoms with E-state index in [1.807, 2.05) is 18.2 Å². The van der Waals surface area contributed by atoms with Gasteiger partial charge in [-0.25, -0.2) is 10.2 Å². The largest absolute Gasteiger partial charge is 0.493 e. The van der Waals surface area contributed by atoms with Crippen LogP contribution in [0.3, 0.4) is 0 Å². The summed E-state index contributed by atoms with van der Waals surface area (Å²) in [6.07, 6.45) is 3.12. The van der Waals surface area contributed by atoms with E-state index in [9.17, 15) is 9.59 Å². The highest BCUT2D eigenvalue weighted by Gasteiger charge is 2.13. The molecule has 1 amide bonds. The van der Waals surface area contributed by atoms with Crippen LogP contribution in [0.1, 0.15) is 21.5 Å². The summed E-state index contributed by atoms with van der Waals surface area (Å²) >= 11 is 6.95. The highest BCUT2D eigenvalue weighted by Crippen LogP contribution is 2.37. The molecule has 3 aromatic carbocycles. The second-order valence-corrected chi connectivity index (χ2v) is 9.56. The Labute approximate surface area is 234 Å². The van der Waals surface area contributed by atoms with Gasteiger partial charge in [0.05, 0.1) is 23.4 Å². The van der Waals surface area contributed by atoms with Crippen LogP contribution >= 0.6 is 31.9 Å². The monoisotopic (exact) mass is 641 g/mol. The third-order valence-electron chi connectivity index (χ3n) is 5.26. The van der Waals surface area contributed by atoms with Gasteiger partial charge in [-0.3, -0.25) is 9.78 Å². The van der Waals surface area contributed by atoms with Crippen LogP contribution in [-0.4, -0.2) is 41.9 Å². The van der Waals surface area contributed by atoms with E-state index in [2.05, 4.69) is 47.4 Å². The van der Waals surface area contributed by atoms with Crippen molar-refractivity contribution in [3.63, 3.8) is 0 Å². The number of benzene rings is 3. The van der Waals surface area contributed by atoms with E-state index in [0.717, 1.165) is 9.86 Å². The molecule has 0 radical (unpaired) electrons. The lowest BCUT2D eigenvalue weighted by atomic mass is 10.1. The van der Waals surface area contributed by atoms with E-state index in [-0.39, 0.29) is 18.8 Å². The van der Waals surface area contributed by atoms with Gasteiger partial charge in [-0.2, -0.15) is 5.10 Å². The lowest BCUT2D eigenvalue weighted by Crippen LogP contribution is -2.24. The number of methoxy groups -OCH3 is 1. The van der Waals surface area contributed by atoms with Gasteiger partial charge in [0.15, 0.2) is 23.9 Å². The van der Waals surface area contributed by atoms with Gasteiger partial charge in [0.2, 0.25) is 0 Å². The molecule has 9 nitrogen and oxygen atoms in total. The van der Waals surface area contributed by atoms with Crippen LogP contribution in [0.4, 0.5) is 0 Å². The number of nitrogens with one attached hydrogen (secondary N) is 1. The number of carboxylic acid groups (broad SMARTS) is 1. The number of halogens is 2. The lowest BCUT2D eigenvalue weighted by Gasteiger charge is -2.12. The van der Waals surface area contributed by atoms with E-state index < -0.39 is 11.9 Å². The van der Waals surface area contributed by atoms with E-state index in [1.54, 1.807) is 42.6 Å². The number of hydrazone groups is 1. The molecule has 0 unspecified atom stereocenters. The van der Waals surface area contributed by atoms with Crippen LogP contribution in [0.25, 0.3) is 10.9 Å². The molecule has 4 aromatic rings. The number of carbonyl (C=O) groups excluding carboxylic acids is 1. The quantitative estimate of drug-likeness (QED) is 0.171. The number of aromatic nitrogens is 1. The van der Waals surface area contributed by atoms with Crippen molar-refractivity contribution in [2.45, 2.75) is 6.61 Å². The number of amides is 1. The Morgan fingerprint density at radius 2 is 1.87 bits per heavy atom. The minimum absolute atomic E-state index is 0.167. The molecule has 0 saturated heterocycles. The highest BCUT2D eigenvalue weighted by atomic mass is 79.9. The first-order valence-corrected chi connectivity index (χ1v) is 12.7. The van der Waals surface area contributed by atoms with Crippen molar-refractivity contribution in [2.75, 3.05) is 13.7 Å². The SMILES string of the molecule is COc1cc(/C=N/NC(=O)COc2c(Br)cc(Br)c3cccnc23)ccc1OCc1cccc(C(=O)O)c1. The number of aromatic carboxylic acids is 1. The molecule has 0 fully saturated rings.